The summed E-state index contributed by atoms with van der Waals surface area (Å²) < 4.78 is 10.4. The van der Waals surface area contributed by atoms with Crippen LogP contribution in [0.25, 0.3) is 0 Å². The highest BCUT2D eigenvalue weighted by Gasteiger charge is 2.27. The Morgan fingerprint density at radius 1 is 1.12 bits per heavy atom. The molecule has 2 aromatic rings. The Morgan fingerprint density at radius 2 is 1.84 bits per heavy atom. The normalized spacial score (nSPS) is 12.0. The molecule has 0 aliphatic heterocycles. The zero-order chi connectivity index (χ0) is 18.1. The van der Waals surface area contributed by atoms with Crippen molar-refractivity contribution in [1.29, 1.82) is 0 Å². The molecule has 0 unspecified atom stereocenters. The second-order valence-electron chi connectivity index (χ2n) is 5.50. The van der Waals surface area contributed by atoms with Gasteiger partial charge in [0.1, 0.15) is 11.8 Å². The van der Waals surface area contributed by atoms with Crippen LogP contribution in [0.4, 0.5) is 0 Å². The maximum atomic E-state index is 12.6. The number of hydrogen-bond donors (Lipinski definition) is 1. The predicted octanol–water partition coefficient (Wildman–Crippen LogP) is 2.52. The second kappa shape index (κ2) is 9.64. The first-order valence-corrected chi connectivity index (χ1v) is 8.40. The Balaban J connectivity index is 1.93. The summed E-state index contributed by atoms with van der Waals surface area (Å²) in [7, 11) is 0. The van der Waals surface area contributed by atoms with Gasteiger partial charge in [0.05, 0.1) is 12.8 Å². The highest BCUT2D eigenvalue weighted by atomic mass is 16.5. The molecule has 0 saturated heterocycles. The van der Waals surface area contributed by atoms with Crippen LogP contribution in [0.5, 0.6) is 0 Å². The Morgan fingerprint density at radius 3 is 2.44 bits per heavy atom. The van der Waals surface area contributed by atoms with Gasteiger partial charge in [0.2, 0.25) is 0 Å². The number of carbonyl (C=O) groups is 2. The lowest BCUT2D eigenvalue weighted by Crippen LogP contribution is -2.37. The van der Waals surface area contributed by atoms with Gasteiger partial charge in [-0.15, -0.1) is 0 Å². The molecule has 1 amide bonds. The minimum Gasteiger partial charge on any atom is -0.467 e. The lowest BCUT2D eigenvalue weighted by Gasteiger charge is -2.28. The van der Waals surface area contributed by atoms with E-state index in [9.17, 15) is 9.59 Å². The van der Waals surface area contributed by atoms with Gasteiger partial charge in [0.15, 0.2) is 6.61 Å². The molecule has 0 aliphatic carbocycles. The van der Waals surface area contributed by atoms with E-state index in [2.05, 4.69) is 5.32 Å². The monoisotopic (exact) mass is 344 g/mol. The van der Waals surface area contributed by atoms with Gasteiger partial charge in [-0.3, -0.25) is 9.69 Å². The van der Waals surface area contributed by atoms with Gasteiger partial charge < -0.3 is 14.5 Å². The number of hydrogen-bond acceptors (Lipinski definition) is 5. The van der Waals surface area contributed by atoms with E-state index in [1.807, 2.05) is 49.1 Å². The first kappa shape index (κ1) is 18.7. The van der Waals surface area contributed by atoms with Crippen molar-refractivity contribution < 1.29 is 18.7 Å². The maximum absolute atomic E-state index is 12.6. The second-order valence-corrected chi connectivity index (χ2v) is 5.50. The SMILES string of the molecule is CCN(CC)[C@H](C(=O)OCC(=O)NCc1ccco1)c1ccccc1. The molecular weight excluding hydrogens is 320 g/mol. The molecule has 0 spiro atoms. The fourth-order valence-electron chi connectivity index (χ4n) is 2.59. The van der Waals surface area contributed by atoms with E-state index in [-0.39, 0.29) is 19.1 Å². The molecule has 1 N–H and O–H groups in total. The smallest absolute Gasteiger partial charge is 0.328 e. The summed E-state index contributed by atoms with van der Waals surface area (Å²) in [6.07, 6.45) is 1.54. The fourth-order valence-corrected chi connectivity index (χ4v) is 2.59. The summed E-state index contributed by atoms with van der Waals surface area (Å²) in [6, 6.07) is 12.4. The summed E-state index contributed by atoms with van der Waals surface area (Å²) in [5.41, 5.74) is 0.854. The van der Waals surface area contributed by atoms with Crippen molar-refractivity contribution in [2.24, 2.45) is 0 Å². The lowest BCUT2D eigenvalue weighted by atomic mass is 10.1. The van der Waals surface area contributed by atoms with Crippen LogP contribution in [0.3, 0.4) is 0 Å². The van der Waals surface area contributed by atoms with Crippen molar-refractivity contribution in [3.63, 3.8) is 0 Å². The van der Waals surface area contributed by atoms with Crippen LogP contribution < -0.4 is 5.32 Å². The Labute approximate surface area is 147 Å². The average molecular weight is 344 g/mol. The molecule has 1 heterocycles. The molecule has 0 aliphatic rings. The predicted molar refractivity (Wildman–Crippen MR) is 93.6 cm³/mol. The zero-order valence-corrected chi connectivity index (χ0v) is 14.6. The fraction of sp³-hybridized carbons (Fsp3) is 0.368. The van der Waals surface area contributed by atoms with Gasteiger partial charge in [-0.1, -0.05) is 44.2 Å². The number of benzene rings is 1. The zero-order valence-electron chi connectivity index (χ0n) is 14.6. The first-order valence-electron chi connectivity index (χ1n) is 8.40. The van der Waals surface area contributed by atoms with Gasteiger partial charge in [-0.2, -0.15) is 0 Å². The van der Waals surface area contributed by atoms with Crippen LogP contribution >= 0.6 is 0 Å². The lowest BCUT2D eigenvalue weighted by molar-refractivity contribution is -0.154. The van der Waals surface area contributed by atoms with Crippen LogP contribution in [0.1, 0.15) is 31.2 Å². The first-order chi connectivity index (χ1) is 12.2. The number of rotatable bonds is 9. The molecular formula is C19H24N2O4. The summed E-state index contributed by atoms with van der Waals surface area (Å²) in [4.78, 5) is 26.4. The van der Waals surface area contributed by atoms with Crippen molar-refractivity contribution in [3.05, 3.63) is 60.1 Å². The van der Waals surface area contributed by atoms with E-state index in [1.54, 1.807) is 12.1 Å². The molecule has 0 bridgehead atoms. The quantitative estimate of drug-likeness (QED) is 0.708. The van der Waals surface area contributed by atoms with E-state index in [1.165, 1.54) is 6.26 Å². The molecule has 25 heavy (non-hydrogen) atoms. The van der Waals surface area contributed by atoms with E-state index in [4.69, 9.17) is 9.15 Å². The van der Waals surface area contributed by atoms with Gasteiger partial charge in [0.25, 0.3) is 5.91 Å². The van der Waals surface area contributed by atoms with Crippen molar-refractivity contribution in [2.75, 3.05) is 19.7 Å². The molecule has 1 aromatic heterocycles. The number of amides is 1. The number of likely N-dealkylation sites (N-methyl/N-ethyl adjacent to an activating group) is 1. The van der Waals surface area contributed by atoms with Crippen LogP contribution in [-0.4, -0.2) is 36.5 Å². The highest BCUT2D eigenvalue weighted by molar-refractivity contribution is 5.83. The number of esters is 1. The molecule has 6 nitrogen and oxygen atoms in total. The molecule has 0 radical (unpaired) electrons. The van der Waals surface area contributed by atoms with Crippen molar-refractivity contribution in [2.45, 2.75) is 26.4 Å². The summed E-state index contributed by atoms with van der Waals surface area (Å²) in [5, 5.41) is 2.65. The van der Waals surface area contributed by atoms with Crippen molar-refractivity contribution in [3.8, 4) is 0 Å². The highest BCUT2D eigenvalue weighted by Crippen LogP contribution is 2.21. The molecule has 6 heteroatoms. The van der Waals surface area contributed by atoms with E-state index < -0.39 is 12.0 Å². The van der Waals surface area contributed by atoms with E-state index >= 15 is 0 Å². The summed E-state index contributed by atoms with van der Waals surface area (Å²) in [6.45, 7) is 5.34. The standard InChI is InChI=1S/C19H24N2O4/c1-3-21(4-2)18(15-9-6-5-7-10-15)19(23)25-14-17(22)20-13-16-11-8-12-24-16/h5-12,18H,3-4,13-14H2,1-2H3,(H,20,22)/t18-/m0/s1. The van der Waals surface area contributed by atoms with E-state index in [0.717, 1.165) is 5.56 Å². The molecule has 0 saturated carbocycles. The van der Waals surface area contributed by atoms with E-state index in [0.29, 0.717) is 18.8 Å². The molecule has 1 atom stereocenters. The Bertz CT molecular complexity index is 651. The summed E-state index contributed by atoms with van der Waals surface area (Å²) in [5.74, 6) is -0.149. The van der Waals surface area contributed by atoms with Gasteiger partial charge in [0, 0.05) is 0 Å². The number of furan rings is 1. The molecule has 1 aromatic carbocycles. The third kappa shape index (κ3) is 5.46. The molecule has 0 fully saturated rings. The van der Waals surface area contributed by atoms with Crippen LogP contribution in [0, 0.1) is 0 Å². The Hall–Kier alpha value is -2.60. The van der Waals surface area contributed by atoms with Crippen LogP contribution in [0.2, 0.25) is 0 Å². The number of nitrogens with one attached hydrogen (secondary N) is 1. The third-order valence-corrected chi connectivity index (χ3v) is 3.90. The summed E-state index contributed by atoms with van der Waals surface area (Å²) >= 11 is 0. The van der Waals surface area contributed by atoms with Gasteiger partial charge >= 0.3 is 5.97 Å². The topological polar surface area (TPSA) is 71.8 Å². The van der Waals surface area contributed by atoms with Gasteiger partial charge in [-0.05, 0) is 30.8 Å². The average Bonchev–Trinajstić information content (AvgIpc) is 3.16. The minimum atomic E-state index is -0.519. The minimum absolute atomic E-state index is 0.265. The maximum Gasteiger partial charge on any atom is 0.328 e. The largest absolute Gasteiger partial charge is 0.467 e. The Kier molecular flexibility index (Phi) is 7.22. The van der Waals surface area contributed by atoms with Gasteiger partial charge in [-0.25, -0.2) is 4.79 Å². The third-order valence-electron chi connectivity index (χ3n) is 3.90. The van der Waals surface area contributed by atoms with Crippen molar-refractivity contribution >= 4 is 11.9 Å². The van der Waals surface area contributed by atoms with Crippen LogP contribution in [-0.2, 0) is 20.9 Å². The number of nitrogens with zero attached hydrogens (tertiary/aromatic N) is 1. The number of carbonyl (C=O) groups excluding carboxylic acids is 2. The molecule has 134 valence electrons. The van der Waals surface area contributed by atoms with Crippen molar-refractivity contribution in [1.82, 2.24) is 10.2 Å². The number of ether oxygens (including phenoxy) is 1. The van der Waals surface area contributed by atoms with Crippen LogP contribution in [0.15, 0.2) is 53.1 Å². The molecule has 2 rings (SSSR count).